The van der Waals surface area contributed by atoms with E-state index >= 15 is 0 Å². The van der Waals surface area contributed by atoms with Crippen LogP contribution in [0.15, 0.2) is 18.2 Å². The number of hydrogen-bond acceptors (Lipinski definition) is 3. The van der Waals surface area contributed by atoms with Crippen LogP contribution < -0.4 is 5.73 Å². The average Bonchev–Trinajstić information content (AvgIpc) is 2.09. The Balaban J connectivity index is 0.00000169. The first-order chi connectivity index (χ1) is 6.15. The predicted octanol–water partition coefficient (Wildman–Crippen LogP) is 2.32. The second-order valence-electron chi connectivity index (χ2n) is 3.14. The Labute approximate surface area is 90.0 Å². The molecule has 0 amide bonds. The van der Waals surface area contributed by atoms with Gasteiger partial charge in [0.2, 0.25) is 0 Å². The third-order valence-corrected chi connectivity index (χ3v) is 2.01. The summed E-state index contributed by atoms with van der Waals surface area (Å²) in [5.41, 5.74) is 6.42. The molecule has 0 radical (unpaired) electrons. The van der Waals surface area contributed by atoms with Crippen molar-refractivity contribution in [3.8, 4) is 11.5 Å². The lowest BCUT2D eigenvalue weighted by Crippen LogP contribution is -2.09. The van der Waals surface area contributed by atoms with Gasteiger partial charge in [-0.15, -0.1) is 12.4 Å². The lowest BCUT2D eigenvalue weighted by atomic mass is 10.0. The monoisotopic (exact) mass is 217 g/mol. The molecule has 0 fully saturated rings. The lowest BCUT2D eigenvalue weighted by molar-refractivity contribution is 0.445. The first-order valence-electron chi connectivity index (χ1n) is 4.42. The maximum absolute atomic E-state index is 9.44. The summed E-state index contributed by atoms with van der Waals surface area (Å²) >= 11 is 0. The Kier molecular flexibility index (Phi) is 5.35. The Morgan fingerprint density at radius 1 is 1.36 bits per heavy atom. The Morgan fingerprint density at radius 2 is 2.00 bits per heavy atom. The van der Waals surface area contributed by atoms with Crippen molar-refractivity contribution in [2.24, 2.45) is 5.73 Å². The minimum Gasteiger partial charge on any atom is -0.508 e. The SMILES string of the molecule is CCC[C@@H](N)c1cc(O)ccc1O.Cl. The van der Waals surface area contributed by atoms with Crippen LogP contribution in [-0.2, 0) is 0 Å². The third-order valence-electron chi connectivity index (χ3n) is 2.01. The molecule has 4 N–H and O–H groups in total. The highest BCUT2D eigenvalue weighted by atomic mass is 35.5. The normalized spacial score (nSPS) is 11.9. The summed E-state index contributed by atoms with van der Waals surface area (Å²) in [7, 11) is 0. The summed E-state index contributed by atoms with van der Waals surface area (Å²) < 4.78 is 0. The van der Waals surface area contributed by atoms with E-state index in [-0.39, 0.29) is 29.9 Å². The summed E-state index contributed by atoms with van der Waals surface area (Å²) in [6.07, 6.45) is 1.76. The van der Waals surface area contributed by atoms with Crippen LogP contribution in [0.3, 0.4) is 0 Å². The standard InChI is InChI=1S/C10H15NO2.ClH/c1-2-3-9(11)8-6-7(12)4-5-10(8)13;/h4-6,9,12-13H,2-3,11H2,1H3;1H/t9-;/m1./s1. The molecule has 0 saturated heterocycles. The van der Waals surface area contributed by atoms with E-state index in [1.165, 1.54) is 18.2 Å². The Hall–Kier alpha value is -0.930. The number of nitrogens with two attached hydrogens (primary N) is 1. The van der Waals surface area contributed by atoms with Crippen molar-refractivity contribution in [3.05, 3.63) is 23.8 Å². The van der Waals surface area contributed by atoms with Crippen LogP contribution >= 0.6 is 12.4 Å². The molecule has 0 unspecified atom stereocenters. The zero-order valence-corrected chi connectivity index (χ0v) is 8.92. The molecule has 0 aliphatic heterocycles. The van der Waals surface area contributed by atoms with Crippen LogP contribution in [-0.4, -0.2) is 10.2 Å². The van der Waals surface area contributed by atoms with E-state index in [1.807, 2.05) is 6.92 Å². The Bertz CT molecular complexity index is 291. The van der Waals surface area contributed by atoms with Gasteiger partial charge in [-0.1, -0.05) is 13.3 Å². The second-order valence-corrected chi connectivity index (χ2v) is 3.14. The molecular weight excluding hydrogens is 202 g/mol. The van der Waals surface area contributed by atoms with Gasteiger partial charge < -0.3 is 15.9 Å². The van der Waals surface area contributed by atoms with Crippen molar-refractivity contribution < 1.29 is 10.2 Å². The zero-order valence-electron chi connectivity index (χ0n) is 8.10. The fourth-order valence-corrected chi connectivity index (χ4v) is 1.31. The van der Waals surface area contributed by atoms with Crippen molar-refractivity contribution in [1.82, 2.24) is 0 Å². The minimum absolute atomic E-state index is 0. The van der Waals surface area contributed by atoms with E-state index in [2.05, 4.69) is 0 Å². The van der Waals surface area contributed by atoms with Crippen molar-refractivity contribution in [1.29, 1.82) is 0 Å². The first-order valence-corrected chi connectivity index (χ1v) is 4.42. The van der Waals surface area contributed by atoms with E-state index in [4.69, 9.17) is 5.73 Å². The van der Waals surface area contributed by atoms with Crippen LogP contribution in [0.2, 0.25) is 0 Å². The molecule has 14 heavy (non-hydrogen) atoms. The average molecular weight is 218 g/mol. The predicted molar refractivity (Wildman–Crippen MR) is 58.9 cm³/mol. The van der Waals surface area contributed by atoms with Crippen molar-refractivity contribution in [3.63, 3.8) is 0 Å². The summed E-state index contributed by atoms with van der Waals surface area (Å²) in [6.45, 7) is 2.03. The Morgan fingerprint density at radius 3 is 2.57 bits per heavy atom. The molecule has 0 aliphatic rings. The molecule has 0 aliphatic carbocycles. The van der Waals surface area contributed by atoms with E-state index in [9.17, 15) is 10.2 Å². The molecule has 0 heterocycles. The van der Waals surface area contributed by atoms with Gasteiger partial charge in [-0.25, -0.2) is 0 Å². The number of rotatable bonds is 3. The van der Waals surface area contributed by atoms with Gasteiger partial charge in [-0.2, -0.15) is 0 Å². The van der Waals surface area contributed by atoms with Crippen LogP contribution in [0.25, 0.3) is 0 Å². The fraction of sp³-hybridized carbons (Fsp3) is 0.400. The molecule has 80 valence electrons. The number of hydrogen-bond donors (Lipinski definition) is 3. The highest BCUT2D eigenvalue weighted by molar-refractivity contribution is 5.85. The second kappa shape index (κ2) is 5.73. The van der Waals surface area contributed by atoms with E-state index in [1.54, 1.807) is 0 Å². The summed E-state index contributed by atoms with van der Waals surface area (Å²) in [5, 5.41) is 18.6. The third kappa shape index (κ3) is 3.09. The first kappa shape index (κ1) is 13.1. The van der Waals surface area contributed by atoms with Gasteiger partial charge in [0.15, 0.2) is 0 Å². The van der Waals surface area contributed by atoms with Crippen molar-refractivity contribution >= 4 is 12.4 Å². The molecule has 3 nitrogen and oxygen atoms in total. The quantitative estimate of drug-likeness (QED) is 0.681. The highest BCUT2D eigenvalue weighted by Crippen LogP contribution is 2.28. The number of phenols is 2. The molecule has 1 aromatic carbocycles. The molecule has 1 aromatic rings. The van der Waals surface area contributed by atoms with Gasteiger partial charge in [0.1, 0.15) is 11.5 Å². The maximum Gasteiger partial charge on any atom is 0.120 e. The molecule has 0 aromatic heterocycles. The molecule has 4 heteroatoms. The van der Waals surface area contributed by atoms with E-state index in [0.29, 0.717) is 5.56 Å². The van der Waals surface area contributed by atoms with Gasteiger partial charge in [-0.05, 0) is 24.6 Å². The van der Waals surface area contributed by atoms with Crippen molar-refractivity contribution in [2.45, 2.75) is 25.8 Å². The summed E-state index contributed by atoms with van der Waals surface area (Å²) in [6, 6.07) is 4.21. The van der Waals surface area contributed by atoms with E-state index in [0.717, 1.165) is 12.8 Å². The van der Waals surface area contributed by atoms with Crippen LogP contribution in [0, 0.1) is 0 Å². The molecule has 0 spiro atoms. The van der Waals surface area contributed by atoms with Crippen LogP contribution in [0.1, 0.15) is 31.4 Å². The lowest BCUT2D eigenvalue weighted by Gasteiger charge is -2.12. The molecule has 0 bridgehead atoms. The fourth-order valence-electron chi connectivity index (χ4n) is 1.31. The van der Waals surface area contributed by atoms with Gasteiger partial charge >= 0.3 is 0 Å². The highest BCUT2D eigenvalue weighted by Gasteiger charge is 2.10. The van der Waals surface area contributed by atoms with Gasteiger partial charge in [0, 0.05) is 11.6 Å². The summed E-state index contributed by atoms with van der Waals surface area (Å²) in [4.78, 5) is 0. The van der Waals surface area contributed by atoms with Crippen molar-refractivity contribution in [2.75, 3.05) is 0 Å². The minimum atomic E-state index is -0.197. The number of benzene rings is 1. The topological polar surface area (TPSA) is 66.5 Å². The van der Waals surface area contributed by atoms with Gasteiger partial charge in [0.25, 0.3) is 0 Å². The number of phenolic OH excluding ortho intramolecular Hbond substituents is 2. The summed E-state index contributed by atoms with van der Waals surface area (Å²) in [5.74, 6) is 0.290. The number of halogens is 1. The number of aromatic hydroxyl groups is 2. The largest absolute Gasteiger partial charge is 0.508 e. The van der Waals surface area contributed by atoms with E-state index < -0.39 is 0 Å². The molecule has 0 saturated carbocycles. The van der Waals surface area contributed by atoms with Crippen LogP contribution in [0.4, 0.5) is 0 Å². The molecule has 1 rings (SSSR count). The molecule has 1 atom stereocenters. The van der Waals surface area contributed by atoms with Crippen LogP contribution in [0.5, 0.6) is 11.5 Å². The maximum atomic E-state index is 9.44. The molecular formula is C10H16ClNO2. The zero-order chi connectivity index (χ0) is 9.84. The van der Waals surface area contributed by atoms with Gasteiger partial charge in [-0.3, -0.25) is 0 Å². The smallest absolute Gasteiger partial charge is 0.120 e. The van der Waals surface area contributed by atoms with Gasteiger partial charge in [0.05, 0.1) is 0 Å².